The SMILES string of the molecule is CCC[C@@]1(C)O[C@H]2C[C@@H]3C[C@H](C(C)(C)CC[C@H]3C)[C@@]2(C)O1. The molecule has 0 radical (unpaired) electrons. The van der Waals surface area contributed by atoms with E-state index < -0.39 is 0 Å². The summed E-state index contributed by atoms with van der Waals surface area (Å²) in [5, 5.41) is 0. The van der Waals surface area contributed by atoms with E-state index >= 15 is 0 Å². The topological polar surface area (TPSA) is 18.5 Å². The van der Waals surface area contributed by atoms with Gasteiger partial charge < -0.3 is 9.47 Å². The van der Waals surface area contributed by atoms with Gasteiger partial charge in [0.15, 0.2) is 5.79 Å². The monoisotopic (exact) mass is 294 g/mol. The fraction of sp³-hybridized carbons (Fsp3) is 1.00. The summed E-state index contributed by atoms with van der Waals surface area (Å²) in [6.07, 6.45) is 7.63. The van der Waals surface area contributed by atoms with Gasteiger partial charge in [0.25, 0.3) is 0 Å². The average molecular weight is 294 g/mol. The van der Waals surface area contributed by atoms with Gasteiger partial charge in [0.1, 0.15) is 0 Å². The van der Waals surface area contributed by atoms with Crippen molar-refractivity contribution >= 4 is 0 Å². The summed E-state index contributed by atoms with van der Waals surface area (Å²) in [5.74, 6) is 1.92. The Hall–Kier alpha value is -0.0800. The summed E-state index contributed by atoms with van der Waals surface area (Å²) in [6.45, 7) is 14.1. The quantitative estimate of drug-likeness (QED) is 0.700. The van der Waals surface area contributed by atoms with Crippen molar-refractivity contribution in [1.82, 2.24) is 0 Å². The normalized spacial score (nSPS) is 52.3. The number of hydrogen-bond acceptors (Lipinski definition) is 2. The minimum absolute atomic E-state index is 0.0893. The third-order valence-electron chi connectivity index (χ3n) is 6.91. The fourth-order valence-corrected chi connectivity index (χ4v) is 5.59. The van der Waals surface area contributed by atoms with Gasteiger partial charge in [0.05, 0.1) is 11.7 Å². The van der Waals surface area contributed by atoms with Crippen molar-refractivity contribution in [3.63, 3.8) is 0 Å². The summed E-state index contributed by atoms with van der Waals surface area (Å²) in [5.41, 5.74) is 0.269. The van der Waals surface area contributed by atoms with E-state index in [0.29, 0.717) is 11.3 Å². The molecular formula is C19H34O2. The van der Waals surface area contributed by atoms with E-state index in [9.17, 15) is 0 Å². The van der Waals surface area contributed by atoms with Gasteiger partial charge in [-0.25, -0.2) is 0 Å². The fourth-order valence-electron chi connectivity index (χ4n) is 5.59. The molecule has 2 nitrogen and oxygen atoms in total. The second-order valence-corrected chi connectivity index (χ2v) is 9.06. The first-order valence-corrected chi connectivity index (χ1v) is 9.08. The summed E-state index contributed by atoms with van der Waals surface area (Å²) < 4.78 is 13.2. The van der Waals surface area contributed by atoms with Crippen molar-refractivity contribution in [3.05, 3.63) is 0 Å². The molecule has 1 saturated heterocycles. The van der Waals surface area contributed by atoms with E-state index in [1.54, 1.807) is 0 Å². The zero-order valence-electron chi connectivity index (χ0n) is 14.9. The van der Waals surface area contributed by atoms with Gasteiger partial charge in [-0.2, -0.15) is 0 Å². The van der Waals surface area contributed by atoms with Crippen LogP contribution in [0.5, 0.6) is 0 Å². The second kappa shape index (κ2) is 4.96. The summed E-state index contributed by atoms with van der Waals surface area (Å²) in [4.78, 5) is 0. The van der Waals surface area contributed by atoms with Crippen LogP contribution in [0.25, 0.3) is 0 Å². The predicted octanol–water partition coefficient (Wildman–Crippen LogP) is 5.16. The Bertz CT molecular complexity index is 404. The Kier molecular flexibility index (Phi) is 3.73. The highest BCUT2D eigenvalue weighted by atomic mass is 16.8. The second-order valence-electron chi connectivity index (χ2n) is 9.06. The van der Waals surface area contributed by atoms with Crippen LogP contribution >= 0.6 is 0 Å². The molecule has 0 amide bonds. The molecule has 1 aliphatic heterocycles. The van der Waals surface area contributed by atoms with Gasteiger partial charge in [-0.3, -0.25) is 0 Å². The molecule has 3 aliphatic rings. The van der Waals surface area contributed by atoms with E-state index in [0.717, 1.165) is 24.7 Å². The first-order valence-electron chi connectivity index (χ1n) is 9.08. The van der Waals surface area contributed by atoms with Crippen LogP contribution in [0.1, 0.15) is 80.1 Å². The lowest BCUT2D eigenvalue weighted by molar-refractivity contribution is -0.194. The number of ether oxygens (including phenoxy) is 2. The van der Waals surface area contributed by atoms with Gasteiger partial charge in [-0.05, 0) is 62.7 Å². The maximum Gasteiger partial charge on any atom is 0.166 e. The molecule has 3 rings (SSSR count). The predicted molar refractivity (Wildman–Crippen MR) is 86.1 cm³/mol. The highest BCUT2D eigenvalue weighted by Gasteiger charge is 2.62. The summed E-state index contributed by atoms with van der Waals surface area (Å²) in [6, 6.07) is 0. The maximum atomic E-state index is 6.67. The molecule has 2 bridgehead atoms. The molecular weight excluding hydrogens is 260 g/mol. The summed E-state index contributed by atoms with van der Waals surface area (Å²) >= 11 is 0. The molecule has 0 spiro atoms. The van der Waals surface area contributed by atoms with Crippen molar-refractivity contribution in [1.29, 1.82) is 0 Å². The first-order chi connectivity index (χ1) is 9.70. The highest BCUT2D eigenvalue weighted by Crippen LogP contribution is 2.59. The van der Waals surface area contributed by atoms with Crippen LogP contribution in [0.3, 0.4) is 0 Å². The third kappa shape index (κ3) is 2.47. The molecule has 3 fully saturated rings. The van der Waals surface area contributed by atoms with E-state index in [4.69, 9.17) is 9.47 Å². The molecule has 0 N–H and O–H groups in total. The number of rotatable bonds is 2. The van der Waals surface area contributed by atoms with Crippen molar-refractivity contribution < 1.29 is 9.47 Å². The molecule has 2 heteroatoms. The van der Waals surface area contributed by atoms with E-state index in [2.05, 4.69) is 41.5 Å². The molecule has 2 aliphatic carbocycles. The first kappa shape index (κ1) is 15.8. The van der Waals surface area contributed by atoms with Crippen LogP contribution in [-0.2, 0) is 9.47 Å². The van der Waals surface area contributed by atoms with Gasteiger partial charge in [0.2, 0.25) is 0 Å². The Morgan fingerprint density at radius 3 is 2.48 bits per heavy atom. The van der Waals surface area contributed by atoms with Crippen LogP contribution < -0.4 is 0 Å². The van der Waals surface area contributed by atoms with Crippen LogP contribution in [0, 0.1) is 23.2 Å². The molecule has 122 valence electrons. The Balaban J connectivity index is 1.94. The molecule has 21 heavy (non-hydrogen) atoms. The van der Waals surface area contributed by atoms with E-state index in [1.165, 1.54) is 25.7 Å². The van der Waals surface area contributed by atoms with Crippen LogP contribution in [-0.4, -0.2) is 17.5 Å². The van der Waals surface area contributed by atoms with Gasteiger partial charge >= 0.3 is 0 Å². The zero-order chi connectivity index (χ0) is 15.5. The summed E-state index contributed by atoms with van der Waals surface area (Å²) in [7, 11) is 0. The highest BCUT2D eigenvalue weighted by molar-refractivity contribution is 5.08. The lowest BCUT2D eigenvalue weighted by Gasteiger charge is -2.49. The standard InChI is InChI=1S/C19H34O2/c1-7-9-18(5)20-16-12-14-11-15(19(16,6)21-18)17(3,4)10-8-13(14)2/h13-16H,7-12H2,1-6H3/t13-,14+,15-,16+,18+,19-/m1/s1. The lowest BCUT2D eigenvalue weighted by Crippen LogP contribution is -2.54. The molecule has 0 aromatic rings. The van der Waals surface area contributed by atoms with Gasteiger partial charge in [0, 0.05) is 6.42 Å². The number of hydrogen-bond donors (Lipinski definition) is 0. The van der Waals surface area contributed by atoms with E-state index in [-0.39, 0.29) is 17.5 Å². The molecule has 2 saturated carbocycles. The van der Waals surface area contributed by atoms with Gasteiger partial charge in [-0.15, -0.1) is 0 Å². The molecule has 0 aromatic carbocycles. The van der Waals surface area contributed by atoms with Gasteiger partial charge in [-0.1, -0.05) is 34.1 Å². The minimum Gasteiger partial charge on any atom is -0.344 e. The smallest absolute Gasteiger partial charge is 0.166 e. The Labute approximate surface area is 131 Å². The van der Waals surface area contributed by atoms with E-state index in [1.807, 2.05) is 0 Å². The molecule has 1 heterocycles. The van der Waals surface area contributed by atoms with Crippen LogP contribution in [0.2, 0.25) is 0 Å². The van der Waals surface area contributed by atoms with Crippen LogP contribution in [0.15, 0.2) is 0 Å². The lowest BCUT2D eigenvalue weighted by atomic mass is 9.60. The molecule has 6 atom stereocenters. The van der Waals surface area contributed by atoms with Crippen LogP contribution in [0.4, 0.5) is 0 Å². The Morgan fingerprint density at radius 1 is 1.10 bits per heavy atom. The minimum atomic E-state index is -0.361. The van der Waals surface area contributed by atoms with Crippen molar-refractivity contribution in [2.45, 2.75) is 97.6 Å². The number of fused-ring (bicyclic) bond motifs is 4. The molecule has 0 aromatic heterocycles. The van der Waals surface area contributed by atoms with Crippen molar-refractivity contribution in [2.75, 3.05) is 0 Å². The Morgan fingerprint density at radius 2 is 1.81 bits per heavy atom. The van der Waals surface area contributed by atoms with Crippen molar-refractivity contribution in [3.8, 4) is 0 Å². The zero-order valence-corrected chi connectivity index (χ0v) is 14.9. The third-order valence-corrected chi connectivity index (χ3v) is 6.91. The average Bonchev–Trinajstić information content (AvgIpc) is 2.59. The molecule has 0 unspecified atom stereocenters. The largest absolute Gasteiger partial charge is 0.344 e. The van der Waals surface area contributed by atoms with Crippen molar-refractivity contribution in [2.24, 2.45) is 23.2 Å². The maximum absolute atomic E-state index is 6.67.